The van der Waals surface area contributed by atoms with E-state index in [0.717, 1.165) is 24.0 Å². The van der Waals surface area contributed by atoms with Crippen molar-refractivity contribution in [3.8, 4) is 0 Å². The average molecular weight is 215 g/mol. The molecule has 1 aromatic carbocycles. The van der Waals surface area contributed by atoms with Gasteiger partial charge in [0.15, 0.2) is 0 Å². The maximum atomic E-state index is 11.4. The number of nitrogens with two attached hydrogens (primary N) is 1. The Bertz CT molecular complexity index is 388. The van der Waals surface area contributed by atoms with Crippen LogP contribution in [0.25, 0.3) is 6.08 Å². The van der Waals surface area contributed by atoms with Crippen LogP contribution in [0.1, 0.15) is 31.2 Å². The van der Waals surface area contributed by atoms with E-state index in [1.54, 1.807) is 0 Å². The van der Waals surface area contributed by atoms with Crippen LogP contribution in [0, 0.1) is 5.92 Å². The molecule has 1 fully saturated rings. The molecule has 0 heterocycles. The predicted molar refractivity (Wildman–Crippen MR) is 65.6 cm³/mol. The third-order valence-electron chi connectivity index (χ3n) is 3.20. The Labute approximate surface area is 96.2 Å². The zero-order chi connectivity index (χ0) is 11.4. The number of benzene rings is 1. The topological polar surface area (TPSA) is 43.1 Å². The van der Waals surface area contributed by atoms with Crippen LogP contribution in [0.5, 0.6) is 0 Å². The second-order valence-electron chi connectivity index (χ2n) is 4.36. The monoisotopic (exact) mass is 215 g/mol. The summed E-state index contributed by atoms with van der Waals surface area (Å²) in [6, 6.07) is 9.91. The molecule has 0 atom stereocenters. The third-order valence-corrected chi connectivity index (χ3v) is 3.20. The standard InChI is InChI=1S/C14H17NO/c15-14(16)13(12-8-4-5-9-12)10-11-6-2-1-3-7-11/h1-3,6-7,10,12H,4-5,8-9H2,(H2,15,16). The molecule has 0 aromatic heterocycles. The van der Waals surface area contributed by atoms with E-state index >= 15 is 0 Å². The Kier molecular flexibility index (Phi) is 3.40. The highest BCUT2D eigenvalue weighted by Gasteiger charge is 2.22. The van der Waals surface area contributed by atoms with E-state index < -0.39 is 0 Å². The van der Waals surface area contributed by atoms with Gasteiger partial charge in [0, 0.05) is 5.57 Å². The van der Waals surface area contributed by atoms with Crippen LogP contribution in [-0.2, 0) is 4.79 Å². The lowest BCUT2D eigenvalue weighted by molar-refractivity contribution is -0.115. The number of carbonyl (C=O) groups is 1. The highest BCUT2D eigenvalue weighted by atomic mass is 16.1. The summed E-state index contributed by atoms with van der Waals surface area (Å²) in [7, 11) is 0. The van der Waals surface area contributed by atoms with Crippen LogP contribution in [0.2, 0.25) is 0 Å². The lowest BCUT2D eigenvalue weighted by atomic mass is 9.95. The Hall–Kier alpha value is -1.57. The lowest BCUT2D eigenvalue weighted by Crippen LogP contribution is -2.19. The maximum absolute atomic E-state index is 11.4. The summed E-state index contributed by atoms with van der Waals surface area (Å²) < 4.78 is 0. The van der Waals surface area contributed by atoms with Crippen LogP contribution in [0.15, 0.2) is 35.9 Å². The number of primary amides is 1. The van der Waals surface area contributed by atoms with Gasteiger partial charge < -0.3 is 5.73 Å². The van der Waals surface area contributed by atoms with Crippen molar-refractivity contribution >= 4 is 12.0 Å². The number of carbonyl (C=O) groups excluding carboxylic acids is 1. The second kappa shape index (κ2) is 4.97. The van der Waals surface area contributed by atoms with E-state index in [2.05, 4.69) is 0 Å². The van der Waals surface area contributed by atoms with Crippen LogP contribution >= 0.6 is 0 Å². The highest BCUT2D eigenvalue weighted by Crippen LogP contribution is 2.31. The zero-order valence-electron chi connectivity index (χ0n) is 9.36. The first-order chi connectivity index (χ1) is 7.77. The predicted octanol–water partition coefficient (Wildman–Crippen LogP) is 2.75. The Morgan fingerprint density at radius 3 is 2.38 bits per heavy atom. The molecule has 1 aliphatic rings. The van der Waals surface area contributed by atoms with E-state index in [0.29, 0.717) is 5.92 Å². The molecule has 2 N–H and O–H groups in total. The Balaban J connectivity index is 2.25. The minimum Gasteiger partial charge on any atom is -0.366 e. The molecule has 0 spiro atoms. The first-order valence-corrected chi connectivity index (χ1v) is 5.84. The number of hydrogen-bond donors (Lipinski definition) is 1. The zero-order valence-corrected chi connectivity index (χ0v) is 9.36. The molecule has 1 amide bonds. The minimum absolute atomic E-state index is 0.268. The van der Waals surface area contributed by atoms with Crippen molar-refractivity contribution in [3.05, 3.63) is 41.5 Å². The van der Waals surface area contributed by atoms with Crippen molar-refractivity contribution in [3.63, 3.8) is 0 Å². The van der Waals surface area contributed by atoms with E-state index in [9.17, 15) is 4.79 Å². The van der Waals surface area contributed by atoms with Crippen LogP contribution in [0.4, 0.5) is 0 Å². The van der Waals surface area contributed by atoms with Gasteiger partial charge in [-0.2, -0.15) is 0 Å². The second-order valence-corrected chi connectivity index (χ2v) is 4.36. The van der Waals surface area contributed by atoms with E-state index in [1.165, 1.54) is 12.8 Å². The van der Waals surface area contributed by atoms with Gasteiger partial charge in [0.2, 0.25) is 5.91 Å². The van der Waals surface area contributed by atoms with Gasteiger partial charge in [-0.05, 0) is 30.4 Å². The molecule has 16 heavy (non-hydrogen) atoms. The first kappa shape index (κ1) is 10.9. The molecular formula is C14H17NO. The van der Waals surface area contributed by atoms with Gasteiger partial charge in [-0.1, -0.05) is 43.2 Å². The van der Waals surface area contributed by atoms with Crippen LogP contribution < -0.4 is 5.73 Å². The number of rotatable bonds is 3. The van der Waals surface area contributed by atoms with Crippen LogP contribution in [0.3, 0.4) is 0 Å². The molecule has 2 rings (SSSR count). The Morgan fingerprint density at radius 2 is 1.81 bits per heavy atom. The summed E-state index contributed by atoms with van der Waals surface area (Å²) in [6.07, 6.45) is 6.57. The number of amides is 1. The van der Waals surface area contributed by atoms with Crippen molar-refractivity contribution in [2.75, 3.05) is 0 Å². The molecular weight excluding hydrogens is 198 g/mol. The van der Waals surface area contributed by atoms with Gasteiger partial charge in [-0.3, -0.25) is 4.79 Å². The summed E-state index contributed by atoms with van der Waals surface area (Å²) in [4.78, 5) is 11.4. The number of hydrogen-bond acceptors (Lipinski definition) is 1. The SMILES string of the molecule is NC(=O)C(=Cc1ccccc1)C1CCCC1. The van der Waals surface area contributed by atoms with Gasteiger partial charge in [0.1, 0.15) is 0 Å². The fraction of sp³-hybridized carbons (Fsp3) is 0.357. The third kappa shape index (κ3) is 2.51. The normalized spacial score (nSPS) is 17.6. The minimum atomic E-state index is -0.268. The van der Waals surface area contributed by atoms with Crippen molar-refractivity contribution in [1.82, 2.24) is 0 Å². The largest absolute Gasteiger partial charge is 0.366 e. The Morgan fingerprint density at radius 1 is 1.19 bits per heavy atom. The quantitative estimate of drug-likeness (QED) is 0.774. The smallest absolute Gasteiger partial charge is 0.244 e. The molecule has 2 heteroatoms. The van der Waals surface area contributed by atoms with Crippen LogP contribution in [-0.4, -0.2) is 5.91 Å². The molecule has 1 aromatic rings. The van der Waals surface area contributed by atoms with Gasteiger partial charge in [0.05, 0.1) is 0 Å². The average Bonchev–Trinajstić information content (AvgIpc) is 2.80. The first-order valence-electron chi connectivity index (χ1n) is 5.84. The summed E-state index contributed by atoms with van der Waals surface area (Å²) >= 11 is 0. The molecule has 0 aliphatic heterocycles. The fourth-order valence-electron chi connectivity index (χ4n) is 2.36. The lowest BCUT2D eigenvalue weighted by Gasteiger charge is -2.11. The van der Waals surface area contributed by atoms with Gasteiger partial charge in [-0.15, -0.1) is 0 Å². The van der Waals surface area contributed by atoms with Gasteiger partial charge >= 0.3 is 0 Å². The molecule has 2 nitrogen and oxygen atoms in total. The molecule has 1 saturated carbocycles. The summed E-state index contributed by atoms with van der Waals surface area (Å²) in [5.74, 6) is 0.105. The molecule has 0 saturated heterocycles. The van der Waals surface area contributed by atoms with E-state index in [1.807, 2.05) is 36.4 Å². The summed E-state index contributed by atoms with van der Waals surface area (Å²) in [5, 5.41) is 0. The van der Waals surface area contributed by atoms with E-state index in [-0.39, 0.29) is 5.91 Å². The summed E-state index contributed by atoms with van der Waals surface area (Å²) in [6.45, 7) is 0. The van der Waals surface area contributed by atoms with Crippen molar-refractivity contribution in [2.45, 2.75) is 25.7 Å². The molecule has 0 bridgehead atoms. The fourth-order valence-corrected chi connectivity index (χ4v) is 2.36. The molecule has 0 radical (unpaired) electrons. The molecule has 0 unspecified atom stereocenters. The highest BCUT2D eigenvalue weighted by molar-refractivity contribution is 5.97. The van der Waals surface area contributed by atoms with Crippen molar-refractivity contribution in [2.24, 2.45) is 11.7 Å². The summed E-state index contributed by atoms with van der Waals surface area (Å²) in [5.41, 5.74) is 7.31. The van der Waals surface area contributed by atoms with Gasteiger partial charge in [0.25, 0.3) is 0 Å². The maximum Gasteiger partial charge on any atom is 0.244 e. The van der Waals surface area contributed by atoms with Gasteiger partial charge in [-0.25, -0.2) is 0 Å². The molecule has 1 aliphatic carbocycles. The van der Waals surface area contributed by atoms with Crippen molar-refractivity contribution < 1.29 is 4.79 Å². The molecule has 84 valence electrons. The van der Waals surface area contributed by atoms with E-state index in [4.69, 9.17) is 5.73 Å². The van der Waals surface area contributed by atoms with Crippen molar-refractivity contribution in [1.29, 1.82) is 0 Å².